The van der Waals surface area contributed by atoms with Crippen molar-refractivity contribution in [1.82, 2.24) is 29.4 Å². The van der Waals surface area contributed by atoms with E-state index in [2.05, 4.69) is 92.9 Å². The van der Waals surface area contributed by atoms with Gasteiger partial charge in [0.25, 0.3) is 0 Å². The maximum absolute atomic E-state index is 14.0. The van der Waals surface area contributed by atoms with Crippen molar-refractivity contribution in [2.45, 2.75) is 62.9 Å². The molecule has 2 aromatic carbocycles. The molecule has 10 nitrogen and oxygen atoms in total. The van der Waals surface area contributed by atoms with E-state index < -0.39 is 12.1 Å². The zero-order chi connectivity index (χ0) is 38.4. The Balaban J connectivity index is 0.891. The average Bonchev–Trinajstić information content (AvgIpc) is 4.07. The third kappa shape index (κ3) is 8.70. The number of rotatable bonds is 15. The number of hydrogen-bond acceptors (Lipinski definition) is 10. The molecule has 2 unspecified atom stereocenters. The number of carbonyl (C=O) groups excluding carboxylic acids is 2. The van der Waals surface area contributed by atoms with E-state index in [-0.39, 0.29) is 23.9 Å². The Labute approximate surface area is 343 Å². The van der Waals surface area contributed by atoms with Gasteiger partial charge >= 0.3 is 0 Å². The first-order chi connectivity index (χ1) is 27.4. The van der Waals surface area contributed by atoms with Crippen LogP contribution in [0.4, 0.5) is 0 Å². The second kappa shape index (κ2) is 18.0. The van der Waals surface area contributed by atoms with E-state index in [4.69, 9.17) is 21.7 Å². The van der Waals surface area contributed by atoms with Gasteiger partial charge in [-0.15, -0.1) is 22.7 Å². The molecule has 2 aliphatic rings. The third-order valence-electron chi connectivity index (χ3n) is 10.6. The average molecular weight is 823 g/mol. The first kappa shape index (κ1) is 38.7. The van der Waals surface area contributed by atoms with Gasteiger partial charge in [0.2, 0.25) is 11.8 Å². The molecule has 8 rings (SSSR count). The monoisotopic (exact) mass is 822 g/mol. The number of aromatic nitrogens is 4. The van der Waals surface area contributed by atoms with Crippen molar-refractivity contribution in [2.24, 2.45) is 11.5 Å². The van der Waals surface area contributed by atoms with Crippen molar-refractivity contribution in [3.05, 3.63) is 130 Å². The Kier molecular flexibility index (Phi) is 12.4. The number of hydrogen-bond donors (Lipinski definition) is 2. The highest BCUT2D eigenvalue weighted by Gasteiger charge is 2.36. The molecule has 56 heavy (non-hydrogen) atoms. The van der Waals surface area contributed by atoms with Crippen molar-refractivity contribution in [3.8, 4) is 21.1 Å². The molecule has 2 aliphatic heterocycles. The van der Waals surface area contributed by atoms with E-state index in [1.807, 2.05) is 34.1 Å². The van der Waals surface area contributed by atoms with Crippen LogP contribution in [0.15, 0.2) is 108 Å². The number of nitrogens with two attached hydrogens (primary N) is 2. The molecule has 4 N–H and O–H groups in total. The molecule has 0 radical (unpaired) electrons. The van der Waals surface area contributed by atoms with E-state index in [1.165, 1.54) is 32.7 Å². The van der Waals surface area contributed by atoms with Crippen molar-refractivity contribution >= 4 is 56.1 Å². The standard InChI is InChI=1S/C42H46N8O2S4/c43-31(41(51)47-19-21-49-37(25-33(45-49)39-13-7-23-53-39)35(47)17-15-29-9-3-1-4-10-29)27-55-56-28-32(44)42(52)48-20-22-50-38(26-34(46-50)40-14-8-24-54-40)36(48)18-16-30-11-5-2-6-12-30/h1-14,23-26,31-32,35-36H,15-22,27-28,43-44H2/t31-,32-,35?,36?/m0/s1. The van der Waals surface area contributed by atoms with Crippen molar-refractivity contribution < 1.29 is 9.59 Å². The summed E-state index contributed by atoms with van der Waals surface area (Å²) in [5.41, 5.74) is 19.7. The van der Waals surface area contributed by atoms with Gasteiger partial charge in [-0.1, -0.05) is 94.4 Å². The molecule has 0 bridgehead atoms. The smallest absolute Gasteiger partial charge is 0.241 e. The Morgan fingerprint density at radius 2 is 1.05 bits per heavy atom. The molecular weight excluding hydrogens is 777 g/mol. The third-order valence-corrected chi connectivity index (χ3v) is 14.8. The van der Waals surface area contributed by atoms with Crippen LogP contribution in [-0.4, -0.2) is 77.9 Å². The fourth-order valence-corrected chi connectivity index (χ4v) is 11.3. The van der Waals surface area contributed by atoms with Gasteiger partial charge < -0.3 is 21.3 Å². The summed E-state index contributed by atoms with van der Waals surface area (Å²) < 4.78 is 4.13. The minimum atomic E-state index is -0.688. The number of fused-ring (bicyclic) bond motifs is 2. The molecule has 6 heterocycles. The van der Waals surface area contributed by atoms with Gasteiger partial charge in [-0.25, -0.2) is 0 Å². The molecule has 2 amide bonds. The first-order valence-corrected chi connectivity index (χ1v) is 23.4. The molecule has 0 fully saturated rings. The summed E-state index contributed by atoms with van der Waals surface area (Å²) in [5, 5.41) is 14.0. The summed E-state index contributed by atoms with van der Waals surface area (Å²) in [6.07, 6.45) is 3.22. The summed E-state index contributed by atoms with van der Waals surface area (Å²) in [4.78, 5) is 34.2. The highest BCUT2D eigenvalue weighted by atomic mass is 33.1. The molecule has 14 heteroatoms. The molecule has 0 saturated carbocycles. The molecule has 6 aromatic rings. The van der Waals surface area contributed by atoms with Crippen LogP contribution in [0.2, 0.25) is 0 Å². The van der Waals surface area contributed by atoms with Gasteiger partial charge in [0.15, 0.2) is 0 Å². The first-order valence-electron chi connectivity index (χ1n) is 19.1. The van der Waals surface area contributed by atoms with Crippen molar-refractivity contribution in [2.75, 3.05) is 24.6 Å². The summed E-state index contributed by atoms with van der Waals surface area (Å²) in [6, 6.07) is 31.6. The minimum Gasteiger partial charge on any atom is -0.331 e. The lowest BCUT2D eigenvalue weighted by Gasteiger charge is -2.38. The van der Waals surface area contributed by atoms with Gasteiger partial charge in [-0.05, 0) is 71.8 Å². The van der Waals surface area contributed by atoms with Crippen LogP contribution in [0.3, 0.4) is 0 Å². The molecular formula is C42H46N8O2S4. The summed E-state index contributed by atoms with van der Waals surface area (Å²) >= 11 is 3.33. The molecule has 4 atom stereocenters. The lowest BCUT2D eigenvalue weighted by Crippen LogP contribution is -2.50. The van der Waals surface area contributed by atoms with Crippen molar-refractivity contribution in [3.63, 3.8) is 0 Å². The Morgan fingerprint density at radius 3 is 1.45 bits per heavy atom. The Hall–Kier alpha value is -4.18. The highest BCUT2D eigenvalue weighted by molar-refractivity contribution is 8.76. The van der Waals surface area contributed by atoms with Crippen LogP contribution >= 0.6 is 44.3 Å². The van der Waals surface area contributed by atoms with E-state index >= 15 is 0 Å². The van der Waals surface area contributed by atoms with Gasteiger partial charge in [0.1, 0.15) is 11.4 Å². The van der Waals surface area contributed by atoms with Gasteiger partial charge in [-0.2, -0.15) is 10.2 Å². The number of nitrogens with zero attached hydrogens (tertiary/aromatic N) is 6. The highest BCUT2D eigenvalue weighted by Crippen LogP contribution is 2.37. The van der Waals surface area contributed by atoms with Crippen molar-refractivity contribution in [1.29, 1.82) is 0 Å². The van der Waals surface area contributed by atoms with Crippen LogP contribution in [0.25, 0.3) is 21.1 Å². The normalized spacial score (nSPS) is 17.7. The number of carbonyl (C=O) groups is 2. The molecule has 0 spiro atoms. The van der Waals surface area contributed by atoms with Gasteiger partial charge in [0.05, 0.1) is 58.4 Å². The quantitative estimate of drug-likeness (QED) is 0.0816. The lowest BCUT2D eigenvalue weighted by molar-refractivity contribution is -0.136. The Morgan fingerprint density at radius 1 is 0.625 bits per heavy atom. The van der Waals surface area contributed by atoms with E-state index in [1.54, 1.807) is 22.7 Å². The second-order valence-corrected chi connectivity index (χ2v) is 18.7. The number of aryl methyl sites for hydroxylation is 2. The predicted octanol–water partition coefficient (Wildman–Crippen LogP) is 7.31. The SMILES string of the molecule is N[C@@H](CSSC[C@H](N)C(=O)N1CCn2nc(-c3cccs3)cc2C1CCc1ccccc1)C(=O)N1CCn2nc(-c3cccs3)cc2C1CCc1ccccc1. The second-order valence-electron chi connectivity index (χ2n) is 14.2. The molecule has 0 aliphatic carbocycles. The van der Waals surface area contributed by atoms with Crippen LogP contribution in [0.5, 0.6) is 0 Å². The number of amides is 2. The summed E-state index contributed by atoms with van der Waals surface area (Å²) in [5.74, 6) is 0.713. The fraction of sp³-hybridized carbons (Fsp3) is 0.333. The zero-order valence-corrected chi connectivity index (χ0v) is 34.3. The van der Waals surface area contributed by atoms with Crippen LogP contribution < -0.4 is 11.5 Å². The zero-order valence-electron chi connectivity index (χ0n) is 31.1. The van der Waals surface area contributed by atoms with Crippen LogP contribution in [0, 0.1) is 0 Å². The van der Waals surface area contributed by atoms with Gasteiger partial charge in [0, 0.05) is 24.6 Å². The topological polar surface area (TPSA) is 128 Å². The van der Waals surface area contributed by atoms with Crippen LogP contribution in [-0.2, 0) is 35.5 Å². The number of thiophene rings is 2. The van der Waals surface area contributed by atoms with Gasteiger partial charge in [-0.3, -0.25) is 19.0 Å². The summed E-state index contributed by atoms with van der Waals surface area (Å²) in [6.45, 7) is 2.35. The fourth-order valence-electron chi connectivity index (χ4n) is 7.72. The Bertz CT molecular complexity index is 2030. The molecule has 4 aromatic heterocycles. The lowest BCUT2D eigenvalue weighted by atomic mass is 9.99. The van der Waals surface area contributed by atoms with Crippen LogP contribution in [0.1, 0.15) is 47.4 Å². The maximum atomic E-state index is 14.0. The van der Waals surface area contributed by atoms with E-state index in [0.717, 1.165) is 58.2 Å². The molecule has 290 valence electrons. The summed E-state index contributed by atoms with van der Waals surface area (Å²) in [7, 11) is 3.02. The maximum Gasteiger partial charge on any atom is 0.241 e. The van der Waals surface area contributed by atoms with E-state index in [9.17, 15) is 9.59 Å². The minimum absolute atomic E-state index is 0.0604. The van der Waals surface area contributed by atoms with E-state index in [0.29, 0.717) is 37.7 Å². The predicted molar refractivity (Wildman–Crippen MR) is 230 cm³/mol. The number of benzene rings is 2. The molecule has 0 saturated heterocycles. The largest absolute Gasteiger partial charge is 0.331 e.